The van der Waals surface area contributed by atoms with Crippen LogP contribution in [0.1, 0.15) is 13.3 Å². The fraction of sp³-hybridized carbons (Fsp3) is 0.350. The summed E-state index contributed by atoms with van der Waals surface area (Å²) in [6, 6.07) is 15.3. The Bertz CT molecular complexity index is 879. The minimum atomic E-state index is -3.55. The molecule has 1 N–H and O–H groups in total. The highest BCUT2D eigenvalue weighted by Crippen LogP contribution is 2.20. The lowest BCUT2D eigenvalue weighted by atomic mass is 10.2. The zero-order valence-electron chi connectivity index (χ0n) is 15.7. The smallest absolute Gasteiger partial charge is 0.265 e. The maximum atomic E-state index is 12.6. The zero-order chi connectivity index (χ0) is 20.0. The van der Waals surface area contributed by atoms with Crippen LogP contribution in [0.15, 0.2) is 59.5 Å². The van der Waals surface area contributed by atoms with Gasteiger partial charge < -0.3 is 14.8 Å². The van der Waals surface area contributed by atoms with Gasteiger partial charge in [0.05, 0.1) is 18.1 Å². The van der Waals surface area contributed by atoms with Crippen molar-refractivity contribution in [3.63, 3.8) is 0 Å². The monoisotopic (exact) mass is 404 g/mol. The molecule has 0 spiro atoms. The van der Waals surface area contributed by atoms with Gasteiger partial charge in [-0.1, -0.05) is 25.1 Å². The molecule has 0 radical (unpaired) electrons. The standard InChI is InChI=1S/C20H24N2O5S/c1-2-19(27-17-6-4-3-5-7-17)20(23)21-16-8-10-18(11-9-16)28(24,25)22-12-14-26-15-13-22/h3-11,19H,2,12-15H2,1H3,(H,21,23)/t19-/m1/s1. The molecule has 2 aromatic carbocycles. The van der Waals surface area contributed by atoms with Gasteiger partial charge in [0.15, 0.2) is 6.10 Å². The van der Waals surface area contributed by atoms with Gasteiger partial charge >= 0.3 is 0 Å². The van der Waals surface area contributed by atoms with Crippen LogP contribution in [0.5, 0.6) is 5.75 Å². The Morgan fingerprint density at radius 2 is 1.75 bits per heavy atom. The topological polar surface area (TPSA) is 84.9 Å². The van der Waals surface area contributed by atoms with Gasteiger partial charge in [-0.3, -0.25) is 4.79 Å². The number of hydrogen-bond acceptors (Lipinski definition) is 5. The predicted octanol–water partition coefficient (Wildman–Crippen LogP) is 2.50. The van der Waals surface area contributed by atoms with Crippen molar-refractivity contribution in [1.29, 1.82) is 0 Å². The Labute approximate surface area is 165 Å². The Balaban J connectivity index is 1.65. The first-order chi connectivity index (χ1) is 13.5. The van der Waals surface area contributed by atoms with Crippen LogP contribution in [0, 0.1) is 0 Å². The van der Waals surface area contributed by atoms with Gasteiger partial charge in [0.1, 0.15) is 5.75 Å². The number of nitrogens with zero attached hydrogens (tertiary/aromatic N) is 1. The fourth-order valence-electron chi connectivity index (χ4n) is 2.85. The van der Waals surface area contributed by atoms with Crippen LogP contribution in [0.3, 0.4) is 0 Å². The molecule has 1 atom stereocenters. The van der Waals surface area contributed by atoms with Crippen LogP contribution < -0.4 is 10.1 Å². The SMILES string of the molecule is CC[C@@H](Oc1ccccc1)C(=O)Nc1ccc(S(=O)(=O)N2CCOCC2)cc1. The molecule has 0 saturated carbocycles. The lowest BCUT2D eigenvalue weighted by molar-refractivity contribution is -0.122. The van der Waals surface area contributed by atoms with E-state index >= 15 is 0 Å². The third kappa shape index (κ3) is 4.89. The number of morpholine rings is 1. The molecule has 28 heavy (non-hydrogen) atoms. The van der Waals surface area contributed by atoms with Gasteiger partial charge in [0.25, 0.3) is 5.91 Å². The van der Waals surface area contributed by atoms with Crippen molar-refractivity contribution < 1.29 is 22.7 Å². The number of benzene rings is 2. The molecule has 150 valence electrons. The van der Waals surface area contributed by atoms with Crippen molar-refractivity contribution in [3.05, 3.63) is 54.6 Å². The number of hydrogen-bond donors (Lipinski definition) is 1. The summed E-state index contributed by atoms with van der Waals surface area (Å²) in [6.45, 7) is 3.34. The van der Waals surface area contributed by atoms with Crippen LogP contribution in [0.25, 0.3) is 0 Å². The predicted molar refractivity (Wildman–Crippen MR) is 106 cm³/mol. The van der Waals surface area contributed by atoms with Crippen LogP contribution in [0.2, 0.25) is 0 Å². The fourth-order valence-corrected chi connectivity index (χ4v) is 4.26. The second-order valence-corrected chi connectivity index (χ2v) is 8.30. The molecule has 1 heterocycles. The number of para-hydroxylation sites is 1. The van der Waals surface area contributed by atoms with E-state index in [-0.39, 0.29) is 10.8 Å². The molecule has 1 saturated heterocycles. The molecular formula is C20H24N2O5S. The average molecular weight is 404 g/mol. The van der Waals surface area contributed by atoms with Gasteiger partial charge in [-0.05, 0) is 42.8 Å². The molecule has 1 aliphatic rings. The van der Waals surface area contributed by atoms with Crippen molar-refractivity contribution in [2.24, 2.45) is 0 Å². The van der Waals surface area contributed by atoms with E-state index in [0.29, 0.717) is 44.2 Å². The molecule has 0 aliphatic carbocycles. The number of amides is 1. The van der Waals surface area contributed by atoms with Crippen LogP contribution in [-0.2, 0) is 19.6 Å². The van der Waals surface area contributed by atoms with E-state index in [0.717, 1.165) is 0 Å². The number of rotatable bonds is 7. The average Bonchev–Trinajstić information content (AvgIpc) is 2.73. The Morgan fingerprint density at radius 3 is 2.36 bits per heavy atom. The minimum absolute atomic E-state index is 0.194. The molecule has 3 rings (SSSR count). The number of ether oxygens (including phenoxy) is 2. The molecule has 8 heteroatoms. The first-order valence-corrected chi connectivity index (χ1v) is 10.6. The molecule has 2 aromatic rings. The molecule has 0 bridgehead atoms. The second kappa shape index (κ2) is 9.18. The van der Waals surface area contributed by atoms with E-state index in [9.17, 15) is 13.2 Å². The van der Waals surface area contributed by atoms with Crippen molar-refractivity contribution in [2.75, 3.05) is 31.6 Å². The quantitative estimate of drug-likeness (QED) is 0.766. The third-order valence-corrected chi connectivity index (χ3v) is 6.33. The van der Waals surface area contributed by atoms with Crippen molar-refractivity contribution in [1.82, 2.24) is 4.31 Å². The maximum absolute atomic E-state index is 12.6. The Hall–Kier alpha value is -2.42. The van der Waals surface area contributed by atoms with E-state index in [1.54, 1.807) is 24.3 Å². The van der Waals surface area contributed by atoms with Crippen molar-refractivity contribution in [3.8, 4) is 5.75 Å². The normalized spacial score (nSPS) is 16.3. The molecule has 7 nitrogen and oxygen atoms in total. The Kier molecular flexibility index (Phi) is 6.66. The molecule has 0 aromatic heterocycles. The van der Waals surface area contributed by atoms with Crippen molar-refractivity contribution >= 4 is 21.6 Å². The molecular weight excluding hydrogens is 380 g/mol. The minimum Gasteiger partial charge on any atom is -0.481 e. The number of anilines is 1. The lowest BCUT2D eigenvalue weighted by Gasteiger charge is -2.26. The Morgan fingerprint density at radius 1 is 1.11 bits per heavy atom. The van der Waals surface area contributed by atoms with E-state index in [2.05, 4.69) is 5.32 Å². The second-order valence-electron chi connectivity index (χ2n) is 6.36. The first kappa shape index (κ1) is 20.3. The third-order valence-electron chi connectivity index (χ3n) is 4.41. The first-order valence-electron chi connectivity index (χ1n) is 9.21. The van der Waals surface area contributed by atoms with Gasteiger partial charge in [0.2, 0.25) is 10.0 Å². The summed E-state index contributed by atoms with van der Waals surface area (Å²) in [5.74, 6) is 0.339. The number of sulfonamides is 1. The summed E-state index contributed by atoms with van der Waals surface area (Å²) in [5, 5.41) is 2.78. The highest BCUT2D eigenvalue weighted by molar-refractivity contribution is 7.89. The summed E-state index contributed by atoms with van der Waals surface area (Å²) < 4.78 is 37.6. The summed E-state index contributed by atoms with van der Waals surface area (Å²) >= 11 is 0. The lowest BCUT2D eigenvalue weighted by Crippen LogP contribution is -2.40. The molecule has 1 aliphatic heterocycles. The maximum Gasteiger partial charge on any atom is 0.265 e. The largest absolute Gasteiger partial charge is 0.481 e. The van der Waals surface area contributed by atoms with Gasteiger partial charge in [0, 0.05) is 18.8 Å². The van der Waals surface area contributed by atoms with Gasteiger partial charge in [-0.25, -0.2) is 8.42 Å². The summed E-state index contributed by atoms with van der Waals surface area (Å²) in [6.07, 6.45) is -0.135. The summed E-state index contributed by atoms with van der Waals surface area (Å²) in [7, 11) is -3.55. The summed E-state index contributed by atoms with van der Waals surface area (Å²) in [5.41, 5.74) is 0.515. The van der Waals surface area contributed by atoms with E-state index < -0.39 is 16.1 Å². The van der Waals surface area contributed by atoms with Gasteiger partial charge in [-0.15, -0.1) is 0 Å². The van der Waals surface area contributed by atoms with E-state index in [1.807, 2.05) is 25.1 Å². The molecule has 1 fully saturated rings. The zero-order valence-corrected chi connectivity index (χ0v) is 16.5. The van der Waals surface area contributed by atoms with Crippen LogP contribution >= 0.6 is 0 Å². The number of carbonyl (C=O) groups excluding carboxylic acids is 1. The summed E-state index contributed by atoms with van der Waals surface area (Å²) in [4.78, 5) is 12.7. The molecule has 1 amide bonds. The van der Waals surface area contributed by atoms with Crippen LogP contribution in [-0.4, -0.2) is 51.0 Å². The van der Waals surface area contributed by atoms with Gasteiger partial charge in [-0.2, -0.15) is 4.31 Å². The van der Waals surface area contributed by atoms with E-state index in [1.165, 1.54) is 16.4 Å². The molecule has 0 unspecified atom stereocenters. The van der Waals surface area contributed by atoms with E-state index in [4.69, 9.17) is 9.47 Å². The highest BCUT2D eigenvalue weighted by Gasteiger charge is 2.26. The van der Waals surface area contributed by atoms with Crippen LogP contribution in [0.4, 0.5) is 5.69 Å². The van der Waals surface area contributed by atoms with Crippen molar-refractivity contribution in [2.45, 2.75) is 24.3 Å². The number of nitrogens with one attached hydrogen (secondary N) is 1. The highest BCUT2D eigenvalue weighted by atomic mass is 32.2. The number of carbonyl (C=O) groups is 1.